The van der Waals surface area contributed by atoms with Crippen molar-refractivity contribution in [2.45, 2.75) is 37.8 Å². The number of rotatable bonds is 4. The molecule has 0 aromatic heterocycles. The van der Waals surface area contributed by atoms with Crippen LogP contribution in [-0.2, 0) is 11.2 Å². The first-order chi connectivity index (χ1) is 13.5. The number of halogens is 1. The summed E-state index contributed by atoms with van der Waals surface area (Å²) in [6.45, 7) is 5.91. The highest BCUT2D eigenvalue weighted by Gasteiger charge is 2.44. The predicted molar refractivity (Wildman–Crippen MR) is 111 cm³/mol. The highest BCUT2D eigenvalue weighted by atomic mass is 35.5. The lowest BCUT2D eigenvalue weighted by Gasteiger charge is -2.44. The van der Waals surface area contributed by atoms with E-state index < -0.39 is 0 Å². The summed E-state index contributed by atoms with van der Waals surface area (Å²) in [5.74, 6) is 1.24. The first-order valence-corrected chi connectivity index (χ1v) is 11.0. The van der Waals surface area contributed by atoms with Crippen molar-refractivity contribution in [1.82, 2.24) is 14.7 Å². The van der Waals surface area contributed by atoms with Gasteiger partial charge in [0.05, 0.1) is 6.10 Å². The number of aliphatic hydroxyl groups is 1. The lowest BCUT2D eigenvalue weighted by atomic mass is 9.77. The molecule has 6 heteroatoms. The number of carbonyl (C=O) groups excluding carboxylic acids is 1. The second kappa shape index (κ2) is 8.70. The van der Waals surface area contributed by atoms with E-state index >= 15 is 0 Å². The maximum Gasteiger partial charge on any atom is 0.222 e. The smallest absolute Gasteiger partial charge is 0.222 e. The molecule has 28 heavy (non-hydrogen) atoms. The number of aliphatic hydroxyl groups excluding tert-OH is 1. The van der Waals surface area contributed by atoms with E-state index in [2.05, 4.69) is 16.8 Å². The van der Waals surface area contributed by atoms with Crippen molar-refractivity contribution >= 4 is 17.5 Å². The van der Waals surface area contributed by atoms with E-state index in [0.29, 0.717) is 18.3 Å². The summed E-state index contributed by atoms with van der Waals surface area (Å²) < 4.78 is 0. The van der Waals surface area contributed by atoms with E-state index in [-0.39, 0.29) is 18.1 Å². The first kappa shape index (κ1) is 20.1. The summed E-state index contributed by atoms with van der Waals surface area (Å²) in [6, 6.07) is 8.02. The maximum absolute atomic E-state index is 12.8. The van der Waals surface area contributed by atoms with Crippen LogP contribution in [0, 0.1) is 11.8 Å². The molecule has 154 valence electrons. The van der Waals surface area contributed by atoms with Gasteiger partial charge in [0.15, 0.2) is 0 Å². The van der Waals surface area contributed by atoms with Gasteiger partial charge in [-0.15, -0.1) is 0 Å². The van der Waals surface area contributed by atoms with Gasteiger partial charge in [-0.3, -0.25) is 9.69 Å². The molecule has 0 bridgehead atoms. The molecule has 1 aliphatic carbocycles. The van der Waals surface area contributed by atoms with Crippen LogP contribution in [0.5, 0.6) is 0 Å². The number of piperazine rings is 1. The Balaban J connectivity index is 1.30. The average molecular weight is 406 g/mol. The highest BCUT2D eigenvalue weighted by molar-refractivity contribution is 6.30. The lowest BCUT2D eigenvalue weighted by Crippen LogP contribution is -2.55. The zero-order valence-corrected chi connectivity index (χ0v) is 17.5. The normalized spacial score (nSPS) is 31.8. The molecule has 2 heterocycles. The van der Waals surface area contributed by atoms with E-state index in [1.807, 2.05) is 29.2 Å². The monoisotopic (exact) mass is 405 g/mol. The van der Waals surface area contributed by atoms with Gasteiger partial charge in [-0.05, 0) is 55.8 Å². The number of nitrogens with zero attached hydrogens (tertiary/aromatic N) is 3. The topological polar surface area (TPSA) is 47.0 Å². The highest BCUT2D eigenvalue weighted by Crippen LogP contribution is 2.38. The fourth-order valence-electron chi connectivity index (χ4n) is 5.22. The van der Waals surface area contributed by atoms with Crippen LogP contribution in [0.15, 0.2) is 24.3 Å². The van der Waals surface area contributed by atoms with Crippen molar-refractivity contribution in [1.29, 1.82) is 0 Å². The molecule has 1 aromatic carbocycles. The molecule has 4 rings (SSSR count). The van der Waals surface area contributed by atoms with Crippen molar-refractivity contribution in [3.8, 4) is 0 Å². The molecule has 3 aliphatic rings. The fourth-order valence-corrected chi connectivity index (χ4v) is 5.34. The van der Waals surface area contributed by atoms with Gasteiger partial charge in [0.25, 0.3) is 0 Å². The maximum atomic E-state index is 12.8. The number of fused-ring (bicyclic) bond motifs is 1. The van der Waals surface area contributed by atoms with Crippen LogP contribution in [0.3, 0.4) is 0 Å². The zero-order valence-electron chi connectivity index (χ0n) is 16.8. The molecular weight excluding hydrogens is 374 g/mol. The summed E-state index contributed by atoms with van der Waals surface area (Å²) in [6.07, 6.45) is 2.91. The van der Waals surface area contributed by atoms with Crippen molar-refractivity contribution in [3.63, 3.8) is 0 Å². The van der Waals surface area contributed by atoms with Crippen molar-refractivity contribution in [3.05, 3.63) is 34.9 Å². The summed E-state index contributed by atoms with van der Waals surface area (Å²) >= 11 is 5.93. The molecular formula is C22H32ClN3O2. The van der Waals surface area contributed by atoms with Crippen LogP contribution in [0.1, 0.15) is 24.8 Å². The molecule has 1 amide bonds. The summed E-state index contributed by atoms with van der Waals surface area (Å²) in [5, 5.41) is 11.5. The first-order valence-electron chi connectivity index (χ1n) is 10.6. The van der Waals surface area contributed by atoms with Gasteiger partial charge < -0.3 is 14.9 Å². The number of likely N-dealkylation sites (N-methyl/N-ethyl adjacent to an activating group) is 1. The number of hydrogen-bond acceptors (Lipinski definition) is 4. The minimum atomic E-state index is -0.256. The van der Waals surface area contributed by atoms with E-state index in [9.17, 15) is 9.90 Å². The third-order valence-electron chi connectivity index (χ3n) is 7.01. The Labute approximate surface area is 173 Å². The van der Waals surface area contributed by atoms with Gasteiger partial charge in [-0.2, -0.15) is 0 Å². The molecule has 1 N–H and O–H groups in total. The Morgan fingerprint density at radius 2 is 1.71 bits per heavy atom. The third kappa shape index (κ3) is 4.54. The fraction of sp³-hybridized carbons (Fsp3) is 0.682. The van der Waals surface area contributed by atoms with E-state index in [1.165, 1.54) is 0 Å². The second-order valence-corrected chi connectivity index (χ2v) is 9.33. The minimum Gasteiger partial charge on any atom is -0.391 e. The lowest BCUT2D eigenvalue weighted by molar-refractivity contribution is -0.130. The van der Waals surface area contributed by atoms with Gasteiger partial charge in [-0.1, -0.05) is 23.7 Å². The Morgan fingerprint density at radius 1 is 1.07 bits per heavy atom. The third-order valence-corrected chi connectivity index (χ3v) is 7.26. The number of likely N-dealkylation sites (tertiary alicyclic amines) is 1. The van der Waals surface area contributed by atoms with Crippen molar-refractivity contribution < 1.29 is 9.90 Å². The number of hydrogen-bond donors (Lipinski definition) is 1. The van der Waals surface area contributed by atoms with Gasteiger partial charge in [0.1, 0.15) is 0 Å². The summed E-state index contributed by atoms with van der Waals surface area (Å²) in [7, 11) is 2.16. The molecule has 5 nitrogen and oxygen atoms in total. The number of carbonyl (C=O) groups is 1. The Bertz CT molecular complexity index is 675. The molecule has 1 saturated carbocycles. The Hall–Kier alpha value is -1.14. The number of aryl methyl sites for hydroxylation is 1. The summed E-state index contributed by atoms with van der Waals surface area (Å²) in [5.41, 5.74) is 1.15. The van der Waals surface area contributed by atoms with Gasteiger partial charge in [-0.25, -0.2) is 0 Å². The number of amides is 1. The van der Waals surface area contributed by atoms with Crippen LogP contribution >= 0.6 is 11.6 Å². The molecule has 0 radical (unpaired) electrons. The SMILES string of the molecule is CN1CCN([C@@H]2C[C@@H]3CN(C(=O)CCc4ccc(Cl)cc4)C[C@@H]3C[C@H]2O)CC1. The van der Waals surface area contributed by atoms with Gasteiger partial charge in [0, 0.05) is 56.8 Å². The quantitative estimate of drug-likeness (QED) is 0.833. The van der Waals surface area contributed by atoms with Crippen molar-refractivity contribution in [2.24, 2.45) is 11.8 Å². The molecule has 0 unspecified atom stereocenters. The second-order valence-electron chi connectivity index (χ2n) is 8.89. The van der Waals surface area contributed by atoms with Crippen molar-refractivity contribution in [2.75, 3.05) is 46.3 Å². The standard InChI is InChI=1S/C22H32ClN3O2/c1-24-8-10-25(11-9-24)20-12-17-14-26(15-18(17)13-21(20)27)22(28)7-4-16-2-5-19(23)6-3-16/h2-3,5-6,17-18,20-21,27H,4,7-15H2,1H3/t17-,18+,20-,21-/m1/s1. The van der Waals surface area contributed by atoms with E-state index in [0.717, 1.165) is 69.1 Å². The molecule has 1 aromatic rings. The van der Waals surface area contributed by atoms with Crippen LogP contribution < -0.4 is 0 Å². The molecule has 4 atom stereocenters. The minimum absolute atomic E-state index is 0.245. The molecule has 2 aliphatic heterocycles. The van der Waals surface area contributed by atoms with Gasteiger partial charge >= 0.3 is 0 Å². The van der Waals surface area contributed by atoms with Crippen LogP contribution in [0.2, 0.25) is 5.02 Å². The Morgan fingerprint density at radius 3 is 2.39 bits per heavy atom. The molecule has 2 saturated heterocycles. The van der Waals surface area contributed by atoms with E-state index in [4.69, 9.17) is 11.6 Å². The van der Waals surface area contributed by atoms with E-state index in [1.54, 1.807) is 0 Å². The van der Waals surface area contributed by atoms with Crippen LogP contribution in [0.25, 0.3) is 0 Å². The van der Waals surface area contributed by atoms with Crippen LogP contribution in [-0.4, -0.2) is 84.2 Å². The number of benzene rings is 1. The molecule has 3 fully saturated rings. The predicted octanol–water partition coefficient (Wildman–Crippen LogP) is 2.12. The zero-order chi connectivity index (χ0) is 19.7. The Kier molecular flexibility index (Phi) is 6.26. The average Bonchev–Trinajstić information content (AvgIpc) is 3.10. The van der Waals surface area contributed by atoms with Gasteiger partial charge in [0.2, 0.25) is 5.91 Å². The summed E-state index contributed by atoms with van der Waals surface area (Å²) in [4.78, 5) is 19.6. The largest absolute Gasteiger partial charge is 0.391 e. The van der Waals surface area contributed by atoms with Crippen LogP contribution in [0.4, 0.5) is 0 Å². The molecule has 0 spiro atoms.